The van der Waals surface area contributed by atoms with Gasteiger partial charge in [0.1, 0.15) is 6.54 Å². The zero-order valence-corrected chi connectivity index (χ0v) is 16.5. The highest BCUT2D eigenvalue weighted by molar-refractivity contribution is 6.03. The molecule has 2 amide bonds. The monoisotopic (exact) mass is 406 g/mol. The van der Waals surface area contributed by atoms with Crippen LogP contribution < -0.4 is 9.80 Å². The second-order valence-electron chi connectivity index (χ2n) is 7.65. The van der Waals surface area contributed by atoms with Crippen LogP contribution in [0.5, 0.6) is 0 Å². The SMILES string of the molecule is CC(C)CC(=O)N1c2ccc(-c3cnn(CC(F)F)c3)cc2N(C(=O)O)C[C@@H]1C. The molecule has 1 aliphatic heterocycles. The van der Waals surface area contributed by atoms with Crippen molar-refractivity contribution in [2.45, 2.75) is 46.2 Å². The van der Waals surface area contributed by atoms with Crippen LogP contribution in [0.25, 0.3) is 11.1 Å². The average Bonchev–Trinajstić information content (AvgIpc) is 3.07. The van der Waals surface area contributed by atoms with Gasteiger partial charge in [0.05, 0.1) is 23.6 Å². The van der Waals surface area contributed by atoms with Gasteiger partial charge >= 0.3 is 6.09 Å². The van der Waals surface area contributed by atoms with E-state index in [0.29, 0.717) is 28.9 Å². The number of carbonyl (C=O) groups excluding carboxylic acids is 1. The van der Waals surface area contributed by atoms with Crippen molar-refractivity contribution >= 4 is 23.4 Å². The summed E-state index contributed by atoms with van der Waals surface area (Å²) in [6, 6.07) is 4.81. The number of benzene rings is 1. The number of amides is 2. The molecule has 2 aromatic rings. The lowest BCUT2D eigenvalue weighted by Crippen LogP contribution is -2.51. The number of anilines is 2. The predicted octanol–water partition coefficient (Wildman–Crippen LogP) is 4.08. The minimum absolute atomic E-state index is 0.0590. The highest BCUT2D eigenvalue weighted by atomic mass is 19.3. The van der Waals surface area contributed by atoms with E-state index < -0.39 is 19.1 Å². The van der Waals surface area contributed by atoms with E-state index in [4.69, 9.17) is 0 Å². The topological polar surface area (TPSA) is 78.7 Å². The second kappa shape index (κ2) is 8.18. The molecule has 0 saturated heterocycles. The Bertz CT molecular complexity index is 913. The minimum atomic E-state index is -2.52. The number of halogens is 2. The molecular formula is C20H24F2N4O3. The first-order chi connectivity index (χ1) is 13.7. The van der Waals surface area contributed by atoms with Crippen molar-refractivity contribution in [3.05, 3.63) is 30.6 Å². The van der Waals surface area contributed by atoms with E-state index in [1.165, 1.54) is 17.3 Å². The Kier molecular flexibility index (Phi) is 5.86. The average molecular weight is 406 g/mol. The molecule has 0 aliphatic carbocycles. The molecule has 0 radical (unpaired) electrons. The summed E-state index contributed by atoms with van der Waals surface area (Å²) in [5.41, 5.74) is 2.16. The molecule has 29 heavy (non-hydrogen) atoms. The van der Waals surface area contributed by atoms with Gasteiger partial charge in [-0.25, -0.2) is 13.6 Å². The van der Waals surface area contributed by atoms with Crippen LogP contribution in [-0.4, -0.2) is 45.9 Å². The molecule has 3 rings (SSSR count). The first kappa shape index (κ1) is 20.8. The number of rotatable bonds is 5. The zero-order valence-electron chi connectivity index (χ0n) is 16.5. The van der Waals surface area contributed by atoms with Crippen LogP contribution in [0.4, 0.5) is 25.0 Å². The predicted molar refractivity (Wildman–Crippen MR) is 105 cm³/mol. The molecule has 9 heteroatoms. The van der Waals surface area contributed by atoms with E-state index in [1.54, 1.807) is 23.1 Å². The van der Waals surface area contributed by atoms with Crippen molar-refractivity contribution in [2.24, 2.45) is 5.92 Å². The van der Waals surface area contributed by atoms with Gasteiger partial charge < -0.3 is 10.0 Å². The van der Waals surface area contributed by atoms with Gasteiger partial charge in [-0.2, -0.15) is 5.10 Å². The maximum atomic E-state index is 12.8. The maximum absolute atomic E-state index is 12.8. The molecule has 0 saturated carbocycles. The molecule has 1 aromatic heterocycles. The van der Waals surface area contributed by atoms with Crippen LogP contribution in [0.3, 0.4) is 0 Å². The summed E-state index contributed by atoms with van der Waals surface area (Å²) >= 11 is 0. The van der Waals surface area contributed by atoms with Gasteiger partial charge in [-0.05, 0) is 30.5 Å². The molecule has 1 aliphatic rings. The van der Waals surface area contributed by atoms with Crippen molar-refractivity contribution in [1.82, 2.24) is 9.78 Å². The second-order valence-corrected chi connectivity index (χ2v) is 7.65. The fourth-order valence-electron chi connectivity index (χ4n) is 3.57. The van der Waals surface area contributed by atoms with Crippen molar-refractivity contribution in [2.75, 3.05) is 16.3 Å². The summed E-state index contributed by atoms with van der Waals surface area (Å²) in [6.45, 7) is 5.37. The highest BCUT2D eigenvalue weighted by Gasteiger charge is 2.35. The molecular weight excluding hydrogens is 382 g/mol. The zero-order chi connectivity index (χ0) is 21.3. The fraction of sp³-hybridized carbons (Fsp3) is 0.450. The molecule has 7 nitrogen and oxygen atoms in total. The van der Waals surface area contributed by atoms with Gasteiger partial charge in [0.15, 0.2) is 0 Å². The third kappa shape index (κ3) is 4.38. The summed E-state index contributed by atoms with van der Waals surface area (Å²) in [7, 11) is 0. The fourth-order valence-corrected chi connectivity index (χ4v) is 3.57. The summed E-state index contributed by atoms with van der Waals surface area (Å²) in [4.78, 5) is 27.5. The molecule has 0 fully saturated rings. The Morgan fingerprint density at radius 1 is 1.24 bits per heavy atom. The van der Waals surface area contributed by atoms with Gasteiger partial charge in [-0.15, -0.1) is 0 Å². The van der Waals surface area contributed by atoms with Crippen molar-refractivity contribution in [1.29, 1.82) is 0 Å². The largest absolute Gasteiger partial charge is 0.465 e. The van der Waals surface area contributed by atoms with Crippen LogP contribution >= 0.6 is 0 Å². The standard InChI is InChI=1S/C20H24F2N4O3/c1-12(2)6-19(27)26-13(3)9-25(20(28)29)17-7-14(4-5-16(17)26)15-8-23-24(10-15)11-18(21)22/h4-5,7-8,10,12-13,18H,6,9,11H2,1-3H3,(H,28,29)/t13-/m0/s1. The normalized spacial score (nSPS) is 16.4. The van der Waals surface area contributed by atoms with Gasteiger partial charge in [0.2, 0.25) is 5.91 Å². The van der Waals surface area contributed by atoms with Gasteiger partial charge in [0.25, 0.3) is 6.43 Å². The smallest absolute Gasteiger partial charge is 0.411 e. The van der Waals surface area contributed by atoms with Crippen molar-refractivity contribution in [3.63, 3.8) is 0 Å². The van der Waals surface area contributed by atoms with E-state index in [0.717, 1.165) is 4.68 Å². The lowest BCUT2D eigenvalue weighted by molar-refractivity contribution is -0.119. The number of alkyl halides is 2. The third-order valence-electron chi connectivity index (χ3n) is 4.79. The van der Waals surface area contributed by atoms with Crippen LogP contribution in [0.2, 0.25) is 0 Å². The van der Waals surface area contributed by atoms with Gasteiger partial charge in [-0.3, -0.25) is 14.4 Å². The van der Waals surface area contributed by atoms with E-state index in [1.807, 2.05) is 20.8 Å². The van der Waals surface area contributed by atoms with Crippen LogP contribution in [-0.2, 0) is 11.3 Å². The lowest BCUT2D eigenvalue weighted by atomic mass is 10.0. The van der Waals surface area contributed by atoms with E-state index >= 15 is 0 Å². The summed E-state index contributed by atoms with van der Waals surface area (Å²) in [5.74, 6) is 0.117. The van der Waals surface area contributed by atoms with E-state index in [-0.39, 0.29) is 24.4 Å². The Hall–Kier alpha value is -2.97. The van der Waals surface area contributed by atoms with Crippen LogP contribution in [0.15, 0.2) is 30.6 Å². The Balaban J connectivity index is 2.02. The number of hydrogen-bond acceptors (Lipinski definition) is 3. The number of fused-ring (bicyclic) bond motifs is 1. The first-order valence-electron chi connectivity index (χ1n) is 9.45. The number of carboxylic acid groups (broad SMARTS) is 1. The molecule has 0 unspecified atom stereocenters. The molecule has 2 heterocycles. The molecule has 0 spiro atoms. The number of aromatic nitrogens is 2. The van der Waals surface area contributed by atoms with Crippen LogP contribution in [0.1, 0.15) is 27.2 Å². The van der Waals surface area contributed by atoms with Gasteiger partial charge in [0, 0.05) is 24.7 Å². The Morgan fingerprint density at radius 2 is 1.97 bits per heavy atom. The molecule has 1 aromatic carbocycles. The summed E-state index contributed by atoms with van der Waals surface area (Å²) in [6.07, 6.45) is -0.316. The summed E-state index contributed by atoms with van der Waals surface area (Å²) in [5, 5.41) is 13.6. The van der Waals surface area contributed by atoms with Gasteiger partial charge in [-0.1, -0.05) is 19.9 Å². The quantitative estimate of drug-likeness (QED) is 0.812. The molecule has 156 valence electrons. The maximum Gasteiger partial charge on any atom is 0.411 e. The highest BCUT2D eigenvalue weighted by Crippen LogP contribution is 2.39. The number of nitrogens with zero attached hydrogens (tertiary/aromatic N) is 4. The van der Waals surface area contributed by atoms with E-state index in [2.05, 4.69) is 5.10 Å². The Morgan fingerprint density at radius 3 is 2.59 bits per heavy atom. The van der Waals surface area contributed by atoms with Crippen LogP contribution in [0, 0.1) is 5.92 Å². The lowest BCUT2D eigenvalue weighted by Gasteiger charge is -2.40. The molecule has 1 atom stereocenters. The first-order valence-corrected chi connectivity index (χ1v) is 9.45. The number of carbonyl (C=O) groups is 2. The Labute approximate surface area is 167 Å². The van der Waals surface area contributed by atoms with Crippen molar-refractivity contribution < 1.29 is 23.5 Å². The minimum Gasteiger partial charge on any atom is -0.465 e. The number of hydrogen-bond donors (Lipinski definition) is 1. The molecule has 1 N–H and O–H groups in total. The molecule has 0 bridgehead atoms. The third-order valence-corrected chi connectivity index (χ3v) is 4.79. The van der Waals surface area contributed by atoms with E-state index in [9.17, 15) is 23.5 Å². The summed E-state index contributed by atoms with van der Waals surface area (Å²) < 4.78 is 26.3. The van der Waals surface area contributed by atoms with Crippen molar-refractivity contribution in [3.8, 4) is 11.1 Å².